The van der Waals surface area contributed by atoms with E-state index in [0.717, 1.165) is 28.1 Å². The molecule has 0 radical (unpaired) electrons. The van der Waals surface area contributed by atoms with Crippen LogP contribution >= 0.6 is 11.8 Å². The van der Waals surface area contributed by atoms with Gasteiger partial charge >= 0.3 is 0 Å². The van der Waals surface area contributed by atoms with E-state index in [1.165, 1.54) is 11.8 Å². The largest absolute Gasteiger partial charge is 0.497 e. The van der Waals surface area contributed by atoms with Crippen LogP contribution in [-0.4, -0.2) is 39.0 Å². The third kappa shape index (κ3) is 4.65. The van der Waals surface area contributed by atoms with Gasteiger partial charge in [-0.15, -0.1) is 5.10 Å². The van der Waals surface area contributed by atoms with Crippen molar-refractivity contribution >= 4 is 17.7 Å². The van der Waals surface area contributed by atoms with Gasteiger partial charge in [0, 0.05) is 6.54 Å². The van der Waals surface area contributed by atoms with Crippen molar-refractivity contribution < 1.29 is 9.53 Å². The number of aromatic nitrogens is 4. The zero-order valence-electron chi connectivity index (χ0n) is 15.5. The summed E-state index contributed by atoms with van der Waals surface area (Å²) in [6.45, 7) is 4.47. The third-order valence-corrected chi connectivity index (χ3v) is 4.97. The monoisotopic (exact) mass is 383 g/mol. The third-order valence-electron chi connectivity index (χ3n) is 4.05. The van der Waals surface area contributed by atoms with E-state index in [4.69, 9.17) is 4.74 Å². The van der Waals surface area contributed by atoms with Crippen molar-refractivity contribution in [1.82, 2.24) is 25.5 Å². The van der Waals surface area contributed by atoms with Crippen LogP contribution in [0.4, 0.5) is 0 Å². The number of aryl methyl sites for hydroxylation is 2. The first-order valence-corrected chi connectivity index (χ1v) is 9.44. The number of hydrogen-bond acceptors (Lipinski definition) is 6. The summed E-state index contributed by atoms with van der Waals surface area (Å²) in [5, 5.41) is 15.4. The number of nitrogens with one attached hydrogen (secondary N) is 1. The zero-order chi connectivity index (χ0) is 19.2. The summed E-state index contributed by atoms with van der Waals surface area (Å²) in [5.41, 5.74) is 4.08. The Kier molecular flexibility index (Phi) is 6.08. The number of rotatable bonds is 7. The fourth-order valence-electron chi connectivity index (χ4n) is 2.71. The molecule has 0 aliphatic carbocycles. The average Bonchev–Trinajstić information content (AvgIpc) is 3.13. The summed E-state index contributed by atoms with van der Waals surface area (Å²) in [6.07, 6.45) is 0. The molecule has 27 heavy (non-hydrogen) atoms. The Balaban J connectivity index is 1.61. The van der Waals surface area contributed by atoms with Crippen LogP contribution in [0.1, 0.15) is 16.7 Å². The fourth-order valence-corrected chi connectivity index (χ4v) is 3.42. The van der Waals surface area contributed by atoms with E-state index in [1.54, 1.807) is 11.8 Å². The molecule has 0 fully saturated rings. The number of carbonyl (C=O) groups excluding carboxylic acids is 1. The molecule has 1 heterocycles. The van der Waals surface area contributed by atoms with Crippen molar-refractivity contribution in [2.24, 2.45) is 0 Å². The van der Waals surface area contributed by atoms with Gasteiger partial charge in [0.15, 0.2) is 0 Å². The molecular weight excluding hydrogens is 362 g/mol. The molecular formula is C19H21N5O2S. The molecule has 0 bridgehead atoms. The molecule has 0 saturated heterocycles. The van der Waals surface area contributed by atoms with E-state index < -0.39 is 0 Å². The van der Waals surface area contributed by atoms with E-state index in [0.29, 0.717) is 11.7 Å². The minimum absolute atomic E-state index is 0.0844. The quantitative estimate of drug-likeness (QED) is 0.632. The lowest BCUT2D eigenvalue weighted by molar-refractivity contribution is -0.118. The minimum Gasteiger partial charge on any atom is -0.497 e. The van der Waals surface area contributed by atoms with Gasteiger partial charge in [0.05, 0.1) is 18.6 Å². The summed E-state index contributed by atoms with van der Waals surface area (Å²) in [5.74, 6) is 0.915. The number of para-hydroxylation sites is 1. The highest BCUT2D eigenvalue weighted by Crippen LogP contribution is 2.23. The fraction of sp³-hybridized carbons (Fsp3) is 0.263. The first-order chi connectivity index (χ1) is 13.1. The highest BCUT2D eigenvalue weighted by Gasteiger charge is 2.14. The molecule has 3 rings (SSSR count). The summed E-state index contributed by atoms with van der Waals surface area (Å²) < 4.78 is 6.88. The van der Waals surface area contributed by atoms with Crippen LogP contribution in [0.5, 0.6) is 5.75 Å². The highest BCUT2D eigenvalue weighted by atomic mass is 32.2. The second-order valence-electron chi connectivity index (χ2n) is 6.03. The molecule has 0 aliphatic rings. The summed E-state index contributed by atoms with van der Waals surface area (Å²) in [4.78, 5) is 12.2. The summed E-state index contributed by atoms with van der Waals surface area (Å²) in [7, 11) is 1.62. The number of ether oxygens (including phenoxy) is 1. The van der Waals surface area contributed by atoms with Gasteiger partial charge in [0.1, 0.15) is 5.75 Å². The zero-order valence-corrected chi connectivity index (χ0v) is 16.3. The van der Waals surface area contributed by atoms with Gasteiger partial charge in [-0.25, -0.2) is 0 Å². The van der Waals surface area contributed by atoms with E-state index in [-0.39, 0.29) is 11.7 Å². The maximum atomic E-state index is 12.2. The van der Waals surface area contributed by atoms with E-state index in [2.05, 4.69) is 20.8 Å². The molecule has 7 nitrogen and oxygen atoms in total. The molecule has 140 valence electrons. The van der Waals surface area contributed by atoms with Crippen LogP contribution in [0.3, 0.4) is 0 Å². The standard InChI is InChI=1S/C19H21N5O2S/c1-13-6-4-7-14(2)18(13)24-19(21-22-23-24)27-12-17(25)20-11-15-8-5-9-16(10-15)26-3/h4-10H,11-12H2,1-3H3,(H,20,25). The maximum Gasteiger partial charge on any atom is 0.230 e. The Bertz CT molecular complexity index is 921. The van der Waals surface area contributed by atoms with Crippen molar-refractivity contribution in [1.29, 1.82) is 0 Å². The SMILES string of the molecule is COc1cccc(CNC(=O)CSc2nnnn2-c2c(C)cccc2C)c1. The van der Waals surface area contributed by atoms with Crippen LogP contribution in [-0.2, 0) is 11.3 Å². The smallest absolute Gasteiger partial charge is 0.230 e. The van der Waals surface area contributed by atoms with E-state index in [1.807, 2.05) is 56.3 Å². The Hall–Kier alpha value is -2.87. The summed E-state index contributed by atoms with van der Waals surface area (Å²) in [6, 6.07) is 13.6. The van der Waals surface area contributed by atoms with Crippen LogP contribution in [0, 0.1) is 13.8 Å². The van der Waals surface area contributed by atoms with Crippen LogP contribution in [0.25, 0.3) is 5.69 Å². The molecule has 1 N–H and O–H groups in total. The van der Waals surface area contributed by atoms with Crippen molar-refractivity contribution in [2.45, 2.75) is 25.5 Å². The van der Waals surface area contributed by atoms with Gasteiger partial charge in [-0.3, -0.25) is 4.79 Å². The predicted molar refractivity (Wildman–Crippen MR) is 104 cm³/mol. The number of tetrazole rings is 1. The Labute approximate surface area is 162 Å². The molecule has 0 unspecified atom stereocenters. The normalized spacial score (nSPS) is 10.6. The summed E-state index contributed by atoms with van der Waals surface area (Å²) >= 11 is 1.31. The van der Waals surface area contributed by atoms with Gasteiger partial charge < -0.3 is 10.1 Å². The number of carbonyl (C=O) groups is 1. The van der Waals surface area contributed by atoms with Crippen molar-refractivity contribution in [3.05, 3.63) is 59.2 Å². The molecule has 8 heteroatoms. The molecule has 0 saturated carbocycles. The van der Waals surface area contributed by atoms with Gasteiger partial charge in [0.25, 0.3) is 0 Å². The average molecular weight is 383 g/mol. The Morgan fingerprint density at radius 1 is 1.19 bits per heavy atom. The van der Waals surface area contributed by atoms with Crippen molar-refractivity contribution in [3.63, 3.8) is 0 Å². The molecule has 0 aliphatic heterocycles. The van der Waals surface area contributed by atoms with Crippen LogP contribution in [0.15, 0.2) is 47.6 Å². The van der Waals surface area contributed by atoms with Crippen LogP contribution < -0.4 is 10.1 Å². The van der Waals surface area contributed by atoms with E-state index in [9.17, 15) is 4.79 Å². The number of methoxy groups -OCH3 is 1. The van der Waals surface area contributed by atoms with E-state index >= 15 is 0 Å². The molecule has 2 aromatic carbocycles. The lowest BCUT2D eigenvalue weighted by atomic mass is 10.1. The lowest BCUT2D eigenvalue weighted by Crippen LogP contribution is -2.24. The number of amides is 1. The molecule has 0 atom stereocenters. The molecule has 1 aromatic heterocycles. The Morgan fingerprint density at radius 2 is 1.93 bits per heavy atom. The number of thioether (sulfide) groups is 1. The lowest BCUT2D eigenvalue weighted by Gasteiger charge is -2.10. The van der Waals surface area contributed by atoms with Crippen molar-refractivity contribution in [2.75, 3.05) is 12.9 Å². The van der Waals surface area contributed by atoms with Gasteiger partial charge in [-0.2, -0.15) is 4.68 Å². The van der Waals surface area contributed by atoms with Gasteiger partial charge in [-0.1, -0.05) is 42.1 Å². The number of nitrogens with zero attached hydrogens (tertiary/aromatic N) is 4. The Morgan fingerprint density at radius 3 is 2.67 bits per heavy atom. The van der Waals surface area contributed by atoms with Gasteiger partial charge in [0.2, 0.25) is 11.1 Å². The second kappa shape index (κ2) is 8.68. The van der Waals surface area contributed by atoms with Gasteiger partial charge in [-0.05, 0) is 53.1 Å². The molecule has 3 aromatic rings. The van der Waals surface area contributed by atoms with Crippen LogP contribution in [0.2, 0.25) is 0 Å². The maximum absolute atomic E-state index is 12.2. The number of benzene rings is 2. The second-order valence-corrected chi connectivity index (χ2v) is 6.97. The molecule has 0 spiro atoms. The first kappa shape index (κ1) is 18.9. The predicted octanol–water partition coefficient (Wildman–Crippen LogP) is 2.70. The minimum atomic E-state index is -0.0844. The number of hydrogen-bond donors (Lipinski definition) is 1. The topological polar surface area (TPSA) is 81.9 Å². The van der Waals surface area contributed by atoms with Crippen molar-refractivity contribution in [3.8, 4) is 11.4 Å². The molecule has 1 amide bonds. The highest BCUT2D eigenvalue weighted by molar-refractivity contribution is 7.99. The first-order valence-electron chi connectivity index (χ1n) is 8.46.